The van der Waals surface area contributed by atoms with E-state index in [2.05, 4.69) is 27.9 Å². The third kappa shape index (κ3) is 3.05. The van der Waals surface area contributed by atoms with E-state index in [-0.39, 0.29) is 5.91 Å². The molecule has 0 aliphatic carbocycles. The highest BCUT2D eigenvalue weighted by Crippen LogP contribution is 2.20. The molecule has 1 unspecified atom stereocenters. The molecule has 0 bridgehead atoms. The molecule has 0 radical (unpaired) electrons. The van der Waals surface area contributed by atoms with Gasteiger partial charge in [-0.15, -0.1) is 0 Å². The zero-order chi connectivity index (χ0) is 11.5. The van der Waals surface area contributed by atoms with Crippen molar-refractivity contribution in [2.24, 2.45) is 0 Å². The van der Waals surface area contributed by atoms with Gasteiger partial charge in [-0.05, 0) is 53.0 Å². The fourth-order valence-electron chi connectivity index (χ4n) is 1.58. The van der Waals surface area contributed by atoms with E-state index in [4.69, 9.17) is 11.6 Å². The fourth-order valence-corrected chi connectivity index (χ4v) is 3.49. The molecule has 0 spiro atoms. The van der Waals surface area contributed by atoms with Gasteiger partial charge in [0.2, 0.25) is 0 Å². The lowest BCUT2D eigenvalue weighted by Crippen LogP contribution is -2.35. The highest BCUT2D eigenvalue weighted by molar-refractivity contribution is 14.1. The molecule has 1 amide bonds. The summed E-state index contributed by atoms with van der Waals surface area (Å²) in [5.41, 5.74) is 0.671. The molecule has 1 N–H and O–H groups in total. The lowest BCUT2D eigenvalue weighted by Gasteiger charge is -2.12. The Hall–Kier alpha value is 0.0600. The van der Waals surface area contributed by atoms with E-state index in [9.17, 15) is 4.79 Å². The molecule has 1 heterocycles. The maximum Gasteiger partial charge on any atom is 0.252 e. The van der Waals surface area contributed by atoms with Crippen LogP contribution in [0.25, 0.3) is 0 Å². The summed E-state index contributed by atoms with van der Waals surface area (Å²) in [6, 6.07) is 5.69. The van der Waals surface area contributed by atoms with Crippen molar-refractivity contribution in [1.82, 2.24) is 5.32 Å². The van der Waals surface area contributed by atoms with Crippen LogP contribution in [0.4, 0.5) is 0 Å². The first-order valence-corrected chi connectivity index (χ1v) is 7.61. The third-order valence-electron chi connectivity index (χ3n) is 2.44. The maximum atomic E-state index is 12.0. The molecule has 2 rings (SSSR count). The van der Waals surface area contributed by atoms with Gasteiger partial charge in [-0.3, -0.25) is 4.79 Å². The van der Waals surface area contributed by atoms with Gasteiger partial charge in [-0.25, -0.2) is 0 Å². The quantitative estimate of drug-likeness (QED) is 0.814. The Kier molecular flexibility index (Phi) is 4.38. The summed E-state index contributed by atoms with van der Waals surface area (Å²) in [6.07, 6.45) is 1.06. The van der Waals surface area contributed by atoms with Crippen molar-refractivity contribution < 1.29 is 4.79 Å². The number of hydrogen-bond acceptors (Lipinski definition) is 2. The maximum absolute atomic E-state index is 12.0. The van der Waals surface area contributed by atoms with Gasteiger partial charge >= 0.3 is 0 Å². The van der Waals surface area contributed by atoms with Crippen molar-refractivity contribution in [2.45, 2.75) is 12.5 Å². The first kappa shape index (κ1) is 12.5. The van der Waals surface area contributed by atoms with Gasteiger partial charge in [0.1, 0.15) is 0 Å². The standard InChI is InChI=1S/C11H11ClINOS/c12-7-1-2-10(13)9(5-7)11(15)14-8-3-4-16-6-8/h1-2,5,8H,3-4,6H2,(H,14,15). The van der Waals surface area contributed by atoms with Crippen molar-refractivity contribution in [2.75, 3.05) is 11.5 Å². The molecule has 1 aliphatic rings. The van der Waals surface area contributed by atoms with Crippen molar-refractivity contribution in [3.63, 3.8) is 0 Å². The number of hydrogen-bond donors (Lipinski definition) is 1. The topological polar surface area (TPSA) is 29.1 Å². The Morgan fingerprint density at radius 1 is 1.56 bits per heavy atom. The number of benzene rings is 1. The summed E-state index contributed by atoms with van der Waals surface area (Å²) in [7, 11) is 0. The second-order valence-electron chi connectivity index (χ2n) is 3.66. The van der Waals surface area contributed by atoms with Crippen LogP contribution < -0.4 is 5.32 Å². The molecule has 1 aromatic carbocycles. The van der Waals surface area contributed by atoms with Gasteiger partial charge < -0.3 is 5.32 Å². The summed E-state index contributed by atoms with van der Waals surface area (Å²) in [4.78, 5) is 12.0. The number of thioether (sulfide) groups is 1. The minimum atomic E-state index is -0.0144. The molecule has 0 saturated carbocycles. The Balaban J connectivity index is 2.10. The first-order valence-electron chi connectivity index (χ1n) is 5.00. The van der Waals surface area contributed by atoms with E-state index in [1.54, 1.807) is 12.1 Å². The average molecular weight is 368 g/mol. The number of halogens is 2. The molecule has 1 aliphatic heterocycles. The molecule has 5 heteroatoms. The highest BCUT2D eigenvalue weighted by atomic mass is 127. The summed E-state index contributed by atoms with van der Waals surface area (Å²) in [6.45, 7) is 0. The Morgan fingerprint density at radius 3 is 3.06 bits per heavy atom. The van der Waals surface area contributed by atoms with Crippen LogP contribution in [0.15, 0.2) is 18.2 Å². The Labute approximate surface area is 118 Å². The lowest BCUT2D eigenvalue weighted by molar-refractivity contribution is 0.0940. The van der Waals surface area contributed by atoms with Crippen LogP contribution in [-0.4, -0.2) is 23.5 Å². The third-order valence-corrected chi connectivity index (χ3v) is 4.78. The molecule has 86 valence electrons. The van der Waals surface area contributed by atoms with Crippen molar-refractivity contribution in [3.8, 4) is 0 Å². The van der Waals surface area contributed by atoms with E-state index in [1.165, 1.54) is 0 Å². The Morgan fingerprint density at radius 2 is 2.38 bits per heavy atom. The van der Waals surface area contributed by atoms with Crippen LogP contribution in [0.5, 0.6) is 0 Å². The minimum absolute atomic E-state index is 0.0144. The molecular formula is C11H11ClINOS. The van der Waals surface area contributed by atoms with Crippen LogP contribution in [0.3, 0.4) is 0 Å². The monoisotopic (exact) mass is 367 g/mol. The summed E-state index contributed by atoms with van der Waals surface area (Å²) in [5.74, 6) is 2.14. The normalized spacial score (nSPS) is 19.8. The van der Waals surface area contributed by atoms with E-state index < -0.39 is 0 Å². The molecule has 1 saturated heterocycles. The van der Waals surface area contributed by atoms with Gasteiger partial charge in [0, 0.05) is 20.4 Å². The van der Waals surface area contributed by atoms with Crippen LogP contribution in [0, 0.1) is 3.57 Å². The van der Waals surface area contributed by atoms with Crippen LogP contribution in [0.1, 0.15) is 16.8 Å². The SMILES string of the molecule is O=C(NC1CCSC1)c1cc(Cl)ccc1I. The second-order valence-corrected chi connectivity index (χ2v) is 6.41. The molecule has 16 heavy (non-hydrogen) atoms. The summed E-state index contributed by atoms with van der Waals surface area (Å²) in [5, 5.41) is 3.64. The highest BCUT2D eigenvalue weighted by Gasteiger charge is 2.19. The molecule has 1 atom stereocenters. The van der Waals surface area contributed by atoms with Crippen LogP contribution in [0.2, 0.25) is 5.02 Å². The second kappa shape index (κ2) is 5.60. The summed E-state index contributed by atoms with van der Waals surface area (Å²) >= 11 is 9.93. The number of amides is 1. The van der Waals surface area contributed by atoms with Gasteiger partial charge in [0.25, 0.3) is 5.91 Å². The van der Waals surface area contributed by atoms with Crippen molar-refractivity contribution >= 4 is 51.9 Å². The van der Waals surface area contributed by atoms with E-state index in [1.807, 2.05) is 17.8 Å². The van der Waals surface area contributed by atoms with E-state index in [0.717, 1.165) is 21.5 Å². The smallest absolute Gasteiger partial charge is 0.252 e. The van der Waals surface area contributed by atoms with E-state index in [0.29, 0.717) is 16.6 Å². The minimum Gasteiger partial charge on any atom is -0.348 e. The molecule has 0 aromatic heterocycles. The molecule has 1 aromatic rings. The zero-order valence-electron chi connectivity index (χ0n) is 8.50. The van der Waals surface area contributed by atoms with E-state index >= 15 is 0 Å². The van der Waals surface area contributed by atoms with Crippen LogP contribution >= 0.6 is 46.0 Å². The largest absolute Gasteiger partial charge is 0.348 e. The first-order chi connectivity index (χ1) is 7.66. The van der Waals surface area contributed by atoms with Gasteiger partial charge in [-0.2, -0.15) is 11.8 Å². The number of rotatable bonds is 2. The summed E-state index contributed by atoms with van der Waals surface area (Å²) < 4.78 is 0.935. The number of carbonyl (C=O) groups is 1. The molecule has 1 fully saturated rings. The predicted molar refractivity (Wildman–Crippen MR) is 77.4 cm³/mol. The van der Waals surface area contributed by atoms with Gasteiger partial charge in [-0.1, -0.05) is 11.6 Å². The number of carbonyl (C=O) groups excluding carboxylic acids is 1. The van der Waals surface area contributed by atoms with Crippen LogP contribution in [-0.2, 0) is 0 Å². The zero-order valence-corrected chi connectivity index (χ0v) is 12.2. The predicted octanol–water partition coefficient (Wildman–Crippen LogP) is 3.18. The number of nitrogens with one attached hydrogen (secondary N) is 1. The molecule has 2 nitrogen and oxygen atoms in total. The lowest BCUT2D eigenvalue weighted by atomic mass is 10.2. The fraction of sp³-hybridized carbons (Fsp3) is 0.364. The van der Waals surface area contributed by atoms with Crippen molar-refractivity contribution in [1.29, 1.82) is 0 Å². The Bertz CT molecular complexity index is 407. The average Bonchev–Trinajstić information content (AvgIpc) is 2.74. The van der Waals surface area contributed by atoms with Crippen molar-refractivity contribution in [3.05, 3.63) is 32.4 Å². The van der Waals surface area contributed by atoms with Gasteiger partial charge in [0.05, 0.1) is 5.56 Å². The molecular weight excluding hydrogens is 357 g/mol. The van der Waals surface area contributed by atoms with Gasteiger partial charge in [0.15, 0.2) is 0 Å².